The van der Waals surface area contributed by atoms with Gasteiger partial charge < -0.3 is 14.5 Å². The lowest BCUT2D eigenvalue weighted by Gasteiger charge is -2.09. The van der Waals surface area contributed by atoms with Gasteiger partial charge in [-0.25, -0.2) is 4.39 Å². The molecule has 0 fully saturated rings. The van der Waals surface area contributed by atoms with Crippen LogP contribution in [0.4, 0.5) is 17.6 Å². The fourth-order valence-corrected chi connectivity index (χ4v) is 2.66. The van der Waals surface area contributed by atoms with Crippen LogP contribution < -0.4 is 9.47 Å². The van der Waals surface area contributed by atoms with Crippen LogP contribution in [-0.2, 0) is 6.42 Å². The number of carbonyl (C=O) groups excluding carboxylic acids is 1. The summed E-state index contributed by atoms with van der Waals surface area (Å²) in [6.07, 6.45) is -3.50. The molecule has 0 saturated carbocycles. The van der Waals surface area contributed by atoms with Crippen LogP contribution in [0.5, 0.6) is 11.5 Å². The molecule has 3 rings (SSSR count). The summed E-state index contributed by atoms with van der Waals surface area (Å²) >= 11 is 0. The zero-order chi connectivity index (χ0) is 18.9. The van der Waals surface area contributed by atoms with Crippen LogP contribution >= 0.6 is 0 Å². The summed E-state index contributed by atoms with van der Waals surface area (Å²) < 4.78 is 59.4. The number of nitrogens with one attached hydrogen (secondary N) is 1. The molecule has 0 bridgehead atoms. The van der Waals surface area contributed by atoms with Crippen molar-refractivity contribution in [1.82, 2.24) is 4.98 Å². The molecule has 2 aromatic carbocycles. The Hall–Kier alpha value is -3.03. The van der Waals surface area contributed by atoms with Crippen LogP contribution in [0, 0.1) is 5.82 Å². The van der Waals surface area contributed by atoms with Crippen LogP contribution in [0.2, 0.25) is 0 Å². The van der Waals surface area contributed by atoms with Gasteiger partial charge in [0.15, 0.2) is 5.78 Å². The van der Waals surface area contributed by atoms with Gasteiger partial charge in [-0.3, -0.25) is 4.79 Å². The van der Waals surface area contributed by atoms with Crippen LogP contribution in [0.25, 0.3) is 10.9 Å². The number of aromatic amines is 1. The molecule has 0 saturated heterocycles. The maximum absolute atomic E-state index is 13.3. The molecule has 26 heavy (non-hydrogen) atoms. The van der Waals surface area contributed by atoms with E-state index < -0.39 is 17.9 Å². The van der Waals surface area contributed by atoms with E-state index in [1.807, 2.05) is 0 Å². The van der Waals surface area contributed by atoms with Crippen LogP contribution in [0.3, 0.4) is 0 Å². The van der Waals surface area contributed by atoms with E-state index >= 15 is 0 Å². The average Bonchev–Trinajstić information content (AvgIpc) is 2.98. The van der Waals surface area contributed by atoms with E-state index in [0.717, 1.165) is 18.2 Å². The van der Waals surface area contributed by atoms with Gasteiger partial charge in [-0.15, -0.1) is 13.2 Å². The highest BCUT2D eigenvalue weighted by Crippen LogP contribution is 2.29. The molecule has 0 radical (unpaired) electrons. The van der Waals surface area contributed by atoms with Crippen LogP contribution in [0.1, 0.15) is 15.9 Å². The molecule has 0 amide bonds. The van der Waals surface area contributed by atoms with E-state index in [4.69, 9.17) is 4.74 Å². The van der Waals surface area contributed by atoms with Gasteiger partial charge in [-0.2, -0.15) is 0 Å². The summed E-state index contributed by atoms with van der Waals surface area (Å²) in [7, 11) is 1.36. The van der Waals surface area contributed by atoms with Crippen molar-refractivity contribution < 1.29 is 31.8 Å². The molecule has 0 spiro atoms. The number of aromatic nitrogens is 1. The highest BCUT2D eigenvalue weighted by Gasteiger charge is 2.31. The van der Waals surface area contributed by atoms with Crippen molar-refractivity contribution in [1.29, 1.82) is 0 Å². The second kappa shape index (κ2) is 6.70. The SMILES string of the molecule is COc1cc(F)ccc1CC(=O)c1c[nH]c2ccc(OC(F)(F)F)cc12. The molecule has 8 heteroatoms. The highest BCUT2D eigenvalue weighted by atomic mass is 19.4. The number of benzene rings is 2. The lowest BCUT2D eigenvalue weighted by atomic mass is 10.0. The van der Waals surface area contributed by atoms with Gasteiger partial charge in [-0.1, -0.05) is 6.07 Å². The summed E-state index contributed by atoms with van der Waals surface area (Å²) in [6.45, 7) is 0. The number of Topliss-reactive ketones (excluding diaryl/α,β-unsaturated/α-hetero) is 1. The van der Waals surface area contributed by atoms with Crippen LogP contribution in [0.15, 0.2) is 42.6 Å². The minimum absolute atomic E-state index is 0.0965. The minimum atomic E-state index is -4.82. The van der Waals surface area contributed by atoms with Crippen molar-refractivity contribution in [3.05, 3.63) is 59.5 Å². The van der Waals surface area contributed by atoms with Gasteiger partial charge in [0.1, 0.15) is 17.3 Å². The van der Waals surface area contributed by atoms with Gasteiger partial charge in [0.05, 0.1) is 7.11 Å². The zero-order valence-electron chi connectivity index (χ0n) is 13.5. The molecule has 0 aliphatic carbocycles. The summed E-state index contributed by atoms with van der Waals surface area (Å²) in [5.74, 6) is -1.05. The molecule has 3 aromatic rings. The number of H-pyrrole nitrogens is 1. The van der Waals surface area contributed by atoms with Gasteiger partial charge in [0, 0.05) is 40.7 Å². The quantitative estimate of drug-likeness (QED) is 0.528. The molecular weight excluding hydrogens is 354 g/mol. The number of ether oxygens (including phenoxy) is 2. The fraction of sp³-hybridized carbons (Fsp3) is 0.167. The maximum atomic E-state index is 13.3. The standard InChI is InChI=1S/C18H13F4NO3/c1-25-17-7-11(19)3-2-10(17)6-16(24)14-9-23-15-5-4-12(8-13(14)15)26-18(20,21)22/h2-5,7-9,23H,6H2,1H3. The fourth-order valence-electron chi connectivity index (χ4n) is 2.66. The molecule has 1 aromatic heterocycles. The summed E-state index contributed by atoms with van der Waals surface area (Å²) in [6, 6.07) is 7.49. The number of alkyl halides is 3. The molecule has 0 aliphatic heterocycles. The number of rotatable bonds is 5. The van der Waals surface area contributed by atoms with Crippen molar-refractivity contribution >= 4 is 16.7 Å². The Bertz CT molecular complexity index is 963. The van der Waals surface area contributed by atoms with E-state index in [9.17, 15) is 22.4 Å². The summed E-state index contributed by atoms with van der Waals surface area (Å²) in [4.78, 5) is 15.4. The van der Waals surface area contributed by atoms with Gasteiger partial charge >= 0.3 is 6.36 Å². The molecule has 0 unspecified atom stereocenters. The number of ketones is 1. The third-order valence-corrected chi connectivity index (χ3v) is 3.79. The summed E-state index contributed by atoms with van der Waals surface area (Å²) in [5.41, 5.74) is 1.17. The zero-order valence-corrected chi connectivity index (χ0v) is 13.5. The third kappa shape index (κ3) is 3.79. The second-order valence-electron chi connectivity index (χ2n) is 5.51. The smallest absolute Gasteiger partial charge is 0.496 e. The third-order valence-electron chi connectivity index (χ3n) is 3.79. The lowest BCUT2D eigenvalue weighted by Crippen LogP contribution is -2.17. The van der Waals surface area contributed by atoms with Crippen molar-refractivity contribution in [2.45, 2.75) is 12.8 Å². The molecule has 1 N–H and O–H groups in total. The Morgan fingerprint density at radius 3 is 2.62 bits per heavy atom. The van der Waals surface area contributed by atoms with Gasteiger partial charge in [0.2, 0.25) is 0 Å². The van der Waals surface area contributed by atoms with E-state index in [2.05, 4.69) is 9.72 Å². The van der Waals surface area contributed by atoms with E-state index in [-0.39, 0.29) is 23.5 Å². The summed E-state index contributed by atoms with van der Waals surface area (Å²) in [5, 5.41) is 0.304. The van der Waals surface area contributed by atoms with Crippen molar-refractivity contribution in [2.24, 2.45) is 0 Å². The number of hydrogen-bond donors (Lipinski definition) is 1. The Morgan fingerprint density at radius 1 is 1.15 bits per heavy atom. The van der Waals surface area contributed by atoms with E-state index in [1.54, 1.807) is 0 Å². The Morgan fingerprint density at radius 2 is 1.92 bits per heavy atom. The lowest BCUT2D eigenvalue weighted by molar-refractivity contribution is -0.274. The first kappa shape index (κ1) is 17.8. The van der Waals surface area contributed by atoms with Crippen molar-refractivity contribution in [2.75, 3.05) is 7.11 Å². The maximum Gasteiger partial charge on any atom is 0.573 e. The van der Waals surface area contributed by atoms with Crippen LogP contribution in [-0.4, -0.2) is 24.2 Å². The first-order chi connectivity index (χ1) is 12.3. The van der Waals surface area contributed by atoms with Gasteiger partial charge in [0.25, 0.3) is 0 Å². The first-order valence-corrected chi connectivity index (χ1v) is 7.49. The number of hydrogen-bond acceptors (Lipinski definition) is 3. The van der Waals surface area contributed by atoms with Gasteiger partial charge in [-0.05, 0) is 24.3 Å². The number of carbonyl (C=O) groups is 1. The highest BCUT2D eigenvalue weighted by molar-refractivity contribution is 6.09. The Labute approximate surface area is 145 Å². The van der Waals surface area contributed by atoms with E-state index in [0.29, 0.717) is 16.5 Å². The topological polar surface area (TPSA) is 51.3 Å². The molecule has 4 nitrogen and oxygen atoms in total. The molecule has 0 atom stereocenters. The Kier molecular flexibility index (Phi) is 4.58. The molecule has 136 valence electrons. The molecule has 1 heterocycles. The normalized spacial score (nSPS) is 11.6. The number of methoxy groups -OCH3 is 1. The monoisotopic (exact) mass is 367 g/mol. The number of halogens is 4. The van der Waals surface area contributed by atoms with Crippen molar-refractivity contribution in [3.63, 3.8) is 0 Å². The molecular formula is C18H13F4NO3. The Balaban J connectivity index is 1.92. The predicted octanol–water partition coefficient (Wildman–Crippen LogP) is 4.64. The van der Waals surface area contributed by atoms with Crippen molar-refractivity contribution in [3.8, 4) is 11.5 Å². The second-order valence-corrected chi connectivity index (χ2v) is 5.51. The first-order valence-electron chi connectivity index (χ1n) is 7.49. The largest absolute Gasteiger partial charge is 0.573 e. The average molecular weight is 367 g/mol. The number of fused-ring (bicyclic) bond motifs is 1. The predicted molar refractivity (Wildman–Crippen MR) is 86.0 cm³/mol. The minimum Gasteiger partial charge on any atom is -0.496 e. The molecule has 0 aliphatic rings. The van der Waals surface area contributed by atoms with E-state index in [1.165, 1.54) is 31.5 Å².